The van der Waals surface area contributed by atoms with Crippen molar-refractivity contribution in [1.82, 2.24) is 0 Å². The smallest absolute Gasteiger partial charge is 0.423 e. The Morgan fingerprint density at radius 2 is 1.83 bits per heavy atom. The van der Waals surface area contributed by atoms with Crippen molar-refractivity contribution < 1.29 is 14.8 Å². The molecule has 0 radical (unpaired) electrons. The van der Waals surface area contributed by atoms with Gasteiger partial charge in [0.1, 0.15) is 0 Å². The molecule has 0 aliphatic heterocycles. The second kappa shape index (κ2) is 6.37. The average Bonchev–Trinajstić information content (AvgIpc) is 2.38. The molecule has 1 aliphatic rings. The SMILES string of the molecule is CC1CCC(OCc2ccccc2B(O)O)CC1. The van der Waals surface area contributed by atoms with Gasteiger partial charge >= 0.3 is 7.12 Å². The van der Waals surface area contributed by atoms with Crippen LogP contribution < -0.4 is 5.46 Å². The van der Waals surface area contributed by atoms with Crippen molar-refractivity contribution in [3.8, 4) is 0 Å². The zero-order chi connectivity index (χ0) is 13.0. The summed E-state index contributed by atoms with van der Waals surface area (Å²) >= 11 is 0. The van der Waals surface area contributed by atoms with Gasteiger partial charge in [-0.2, -0.15) is 0 Å². The number of hydrogen-bond acceptors (Lipinski definition) is 3. The van der Waals surface area contributed by atoms with E-state index in [1.54, 1.807) is 12.1 Å². The van der Waals surface area contributed by atoms with Crippen molar-refractivity contribution in [3.63, 3.8) is 0 Å². The Morgan fingerprint density at radius 3 is 2.50 bits per heavy atom. The highest BCUT2D eigenvalue weighted by Crippen LogP contribution is 2.26. The summed E-state index contributed by atoms with van der Waals surface area (Å²) in [4.78, 5) is 0. The lowest BCUT2D eigenvalue weighted by molar-refractivity contribution is 0.00904. The Hall–Kier alpha value is -0.835. The molecule has 18 heavy (non-hydrogen) atoms. The van der Waals surface area contributed by atoms with E-state index in [9.17, 15) is 10.0 Å². The summed E-state index contributed by atoms with van der Waals surface area (Å²) in [5, 5.41) is 18.6. The van der Waals surface area contributed by atoms with E-state index in [-0.39, 0.29) is 0 Å². The highest BCUT2D eigenvalue weighted by atomic mass is 16.5. The first-order chi connectivity index (χ1) is 8.66. The van der Waals surface area contributed by atoms with Crippen molar-refractivity contribution in [3.05, 3.63) is 29.8 Å². The lowest BCUT2D eigenvalue weighted by Gasteiger charge is -2.26. The minimum Gasteiger partial charge on any atom is -0.423 e. The maximum absolute atomic E-state index is 9.28. The summed E-state index contributed by atoms with van der Waals surface area (Å²) in [6.45, 7) is 2.75. The number of benzene rings is 1. The van der Waals surface area contributed by atoms with E-state index in [0.717, 1.165) is 24.3 Å². The van der Waals surface area contributed by atoms with Crippen LogP contribution in [0.2, 0.25) is 0 Å². The van der Waals surface area contributed by atoms with Crippen LogP contribution in [-0.4, -0.2) is 23.3 Å². The van der Waals surface area contributed by atoms with Crippen LogP contribution in [0.5, 0.6) is 0 Å². The predicted molar refractivity (Wildman–Crippen MR) is 72.5 cm³/mol. The molecule has 1 saturated carbocycles. The number of hydrogen-bond donors (Lipinski definition) is 2. The molecule has 0 unspecified atom stereocenters. The predicted octanol–water partition coefficient (Wildman–Crippen LogP) is 1.46. The van der Waals surface area contributed by atoms with E-state index >= 15 is 0 Å². The third kappa shape index (κ3) is 3.58. The molecule has 1 fully saturated rings. The molecule has 4 heteroatoms. The average molecular weight is 248 g/mol. The first-order valence-corrected chi connectivity index (χ1v) is 6.72. The fraction of sp³-hybridized carbons (Fsp3) is 0.571. The summed E-state index contributed by atoms with van der Waals surface area (Å²) in [5.74, 6) is 0.816. The van der Waals surface area contributed by atoms with E-state index in [2.05, 4.69) is 6.92 Å². The van der Waals surface area contributed by atoms with Crippen molar-refractivity contribution >= 4 is 12.6 Å². The van der Waals surface area contributed by atoms with Crippen LogP contribution in [0.4, 0.5) is 0 Å². The van der Waals surface area contributed by atoms with Crippen LogP contribution in [0, 0.1) is 5.92 Å². The molecule has 0 amide bonds. The van der Waals surface area contributed by atoms with E-state index in [0.29, 0.717) is 18.2 Å². The molecular formula is C14H21BO3. The molecule has 2 rings (SSSR count). The largest absolute Gasteiger partial charge is 0.488 e. The minimum absolute atomic E-state index is 0.324. The molecule has 0 saturated heterocycles. The molecule has 98 valence electrons. The Balaban J connectivity index is 1.90. The number of rotatable bonds is 4. The molecule has 3 nitrogen and oxygen atoms in total. The maximum atomic E-state index is 9.28. The molecule has 0 aromatic heterocycles. The normalized spacial score (nSPS) is 23.9. The zero-order valence-electron chi connectivity index (χ0n) is 10.9. The molecule has 0 atom stereocenters. The summed E-state index contributed by atoms with van der Waals surface area (Å²) < 4.78 is 5.89. The van der Waals surface area contributed by atoms with Crippen molar-refractivity contribution in [2.24, 2.45) is 5.92 Å². The van der Waals surface area contributed by atoms with Crippen LogP contribution in [0.1, 0.15) is 38.2 Å². The standard InChI is InChI=1S/C14H21BO3/c1-11-6-8-13(9-7-11)18-10-12-4-2-3-5-14(12)15(16)17/h2-5,11,13,16-17H,6-10H2,1H3. The molecular weight excluding hydrogens is 227 g/mol. The lowest BCUT2D eigenvalue weighted by Crippen LogP contribution is -2.33. The van der Waals surface area contributed by atoms with E-state index < -0.39 is 7.12 Å². The molecule has 2 N–H and O–H groups in total. The van der Waals surface area contributed by atoms with Gasteiger partial charge in [-0.15, -0.1) is 0 Å². The molecule has 1 aliphatic carbocycles. The second-order valence-corrected chi connectivity index (χ2v) is 5.27. The first-order valence-electron chi connectivity index (χ1n) is 6.72. The van der Waals surface area contributed by atoms with Crippen LogP contribution in [0.3, 0.4) is 0 Å². The summed E-state index contributed by atoms with van der Waals surface area (Å²) in [6, 6.07) is 7.32. The summed E-state index contributed by atoms with van der Waals surface area (Å²) in [6.07, 6.45) is 5.02. The monoisotopic (exact) mass is 248 g/mol. The van der Waals surface area contributed by atoms with Crippen LogP contribution in [0.15, 0.2) is 24.3 Å². The van der Waals surface area contributed by atoms with Crippen molar-refractivity contribution in [2.75, 3.05) is 0 Å². The quantitative estimate of drug-likeness (QED) is 0.793. The van der Waals surface area contributed by atoms with E-state index in [1.807, 2.05) is 12.1 Å². The van der Waals surface area contributed by atoms with Crippen LogP contribution >= 0.6 is 0 Å². The van der Waals surface area contributed by atoms with Gasteiger partial charge in [0.2, 0.25) is 0 Å². The second-order valence-electron chi connectivity index (χ2n) is 5.27. The van der Waals surface area contributed by atoms with Crippen molar-refractivity contribution in [2.45, 2.75) is 45.3 Å². The third-order valence-corrected chi connectivity index (χ3v) is 3.77. The molecule has 1 aromatic rings. The third-order valence-electron chi connectivity index (χ3n) is 3.77. The Morgan fingerprint density at radius 1 is 1.17 bits per heavy atom. The van der Waals surface area contributed by atoms with Crippen molar-refractivity contribution in [1.29, 1.82) is 0 Å². The van der Waals surface area contributed by atoms with Gasteiger partial charge < -0.3 is 14.8 Å². The summed E-state index contributed by atoms with van der Waals surface area (Å²) in [7, 11) is -1.42. The highest BCUT2D eigenvalue weighted by molar-refractivity contribution is 6.59. The lowest BCUT2D eigenvalue weighted by atomic mass is 9.77. The van der Waals surface area contributed by atoms with Crippen LogP contribution in [0.25, 0.3) is 0 Å². The Bertz CT molecular complexity index is 373. The van der Waals surface area contributed by atoms with Gasteiger partial charge in [0.25, 0.3) is 0 Å². The van der Waals surface area contributed by atoms with Crippen LogP contribution in [-0.2, 0) is 11.3 Å². The first kappa shape index (κ1) is 13.6. The fourth-order valence-electron chi connectivity index (χ4n) is 2.52. The molecule has 0 heterocycles. The number of ether oxygens (including phenoxy) is 1. The summed E-state index contributed by atoms with van der Waals surface area (Å²) in [5.41, 5.74) is 1.41. The Kier molecular flexibility index (Phi) is 4.81. The molecule has 0 spiro atoms. The molecule has 1 aromatic carbocycles. The van der Waals surface area contributed by atoms with Gasteiger partial charge in [-0.25, -0.2) is 0 Å². The van der Waals surface area contributed by atoms with Gasteiger partial charge in [-0.3, -0.25) is 0 Å². The van der Waals surface area contributed by atoms with Gasteiger partial charge in [-0.05, 0) is 42.6 Å². The highest BCUT2D eigenvalue weighted by Gasteiger charge is 2.20. The van der Waals surface area contributed by atoms with E-state index in [1.165, 1.54) is 12.8 Å². The Labute approximate surface area is 109 Å². The van der Waals surface area contributed by atoms with E-state index in [4.69, 9.17) is 4.74 Å². The molecule has 0 bridgehead atoms. The topological polar surface area (TPSA) is 49.7 Å². The van der Waals surface area contributed by atoms with Gasteiger partial charge in [-0.1, -0.05) is 31.2 Å². The maximum Gasteiger partial charge on any atom is 0.488 e. The fourth-order valence-corrected chi connectivity index (χ4v) is 2.52. The van der Waals surface area contributed by atoms with Gasteiger partial charge in [0, 0.05) is 0 Å². The van der Waals surface area contributed by atoms with Gasteiger partial charge in [0.15, 0.2) is 0 Å². The van der Waals surface area contributed by atoms with Gasteiger partial charge in [0.05, 0.1) is 12.7 Å². The zero-order valence-corrected chi connectivity index (χ0v) is 10.9. The minimum atomic E-state index is -1.42.